The number of amides is 1. The number of methoxy groups -OCH3 is 1. The molecule has 2 aromatic rings. The highest BCUT2D eigenvalue weighted by Crippen LogP contribution is 2.46. The van der Waals surface area contributed by atoms with Gasteiger partial charge in [-0.05, 0) is 55.5 Å². The molecule has 8 heteroatoms. The Morgan fingerprint density at radius 2 is 1.85 bits per heavy atom. The average molecular weight is 472 g/mol. The Morgan fingerprint density at radius 1 is 1.18 bits per heavy atom. The van der Waals surface area contributed by atoms with E-state index in [0.29, 0.717) is 44.0 Å². The van der Waals surface area contributed by atoms with Crippen molar-refractivity contribution in [2.45, 2.75) is 25.9 Å². The number of aryl methyl sites for hydroxylation is 1. The minimum atomic E-state index is -4.58. The third kappa shape index (κ3) is 4.62. The van der Waals surface area contributed by atoms with Crippen LogP contribution in [-0.2, 0) is 10.9 Å². The normalized spacial score (nSPS) is 19.9. The highest BCUT2D eigenvalue weighted by molar-refractivity contribution is 5.94. The van der Waals surface area contributed by atoms with E-state index in [9.17, 15) is 18.0 Å². The van der Waals surface area contributed by atoms with Gasteiger partial charge in [0.15, 0.2) is 0 Å². The number of rotatable bonds is 4. The smallest absolute Gasteiger partial charge is 0.384 e. The van der Waals surface area contributed by atoms with E-state index >= 15 is 0 Å². The Morgan fingerprint density at radius 3 is 2.44 bits per heavy atom. The zero-order valence-corrected chi connectivity index (χ0v) is 19.4. The molecule has 1 amide bonds. The molecule has 180 valence electrons. The van der Waals surface area contributed by atoms with Crippen molar-refractivity contribution in [1.29, 1.82) is 5.26 Å². The summed E-state index contributed by atoms with van der Waals surface area (Å²) in [6.45, 7) is 4.89. The van der Waals surface area contributed by atoms with Gasteiger partial charge in [0.25, 0.3) is 5.91 Å². The highest BCUT2D eigenvalue weighted by Gasteiger charge is 2.49. The number of benzene rings is 2. The van der Waals surface area contributed by atoms with E-state index < -0.39 is 11.7 Å². The van der Waals surface area contributed by atoms with Crippen molar-refractivity contribution in [3.8, 4) is 6.07 Å². The van der Waals surface area contributed by atoms with Gasteiger partial charge in [0, 0.05) is 50.5 Å². The quantitative estimate of drug-likeness (QED) is 0.637. The number of likely N-dealkylation sites (tertiary alicyclic amines) is 1. The molecular weight excluding hydrogens is 443 g/mol. The summed E-state index contributed by atoms with van der Waals surface area (Å²) in [5, 5.41) is 9.06. The number of hydrogen-bond donors (Lipinski definition) is 0. The molecule has 1 spiro atoms. The minimum absolute atomic E-state index is 0.00215. The van der Waals surface area contributed by atoms with Gasteiger partial charge in [0.2, 0.25) is 0 Å². The molecule has 2 aliphatic rings. The lowest BCUT2D eigenvalue weighted by atomic mass is 9.71. The van der Waals surface area contributed by atoms with Crippen LogP contribution in [0.1, 0.15) is 39.9 Å². The van der Waals surface area contributed by atoms with Crippen LogP contribution in [0.2, 0.25) is 0 Å². The van der Waals surface area contributed by atoms with Gasteiger partial charge in [0.1, 0.15) is 0 Å². The first kappa shape index (κ1) is 24.1. The third-order valence-electron chi connectivity index (χ3n) is 7.32. The van der Waals surface area contributed by atoms with Crippen LogP contribution in [0, 0.1) is 29.6 Å². The summed E-state index contributed by atoms with van der Waals surface area (Å²) in [4.78, 5) is 17.0. The number of nitriles is 1. The van der Waals surface area contributed by atoms with E-state index in [4.69, 9.17) is 10.00 Å². The van der Waals surface area contributed by atoms with Gasteiger partial charge in [-0.3, -0.25) is 4.79 Å². The highest BCUT2D eigenvalue weighted by atomic mass is 19.4. The average Bonchev–Trinajstić information content (AvgIpc) is 3.16. The zero-order chi connectivity index (χ0) is 24.5. The lowest BCUT2D eigenvalue weighted by molar-refractivity contribution is -0.137. The van der Waals surface area contributed by atoms with Crippen LogP contribution in [0.5, 0.6) is 0 Å². The SMILES string of the molecule is COCC1CN(C(=O)c2ccc(C)cc2)CC12CCN(c1ccc(C#N)c(C(F)(F)F)c1)CC2. The number of carbonyl (C=O) groups is 1. The monoisotopic (exact) mass is 471 g/mol. The lowest BCUT2D eigenvalue weighted by Crippen LogP contribution is -2.45. The summed E-state index contributed by atoms with van der Waals surface area (Å²) in [7, 11) is 1.66. The van der Waals surface area contributed by atoms with Crippen molar-refractivity contribution in [2.75, 3.05) is 44.8 Å². The second-order valence-corrected chi connectivity index (χ2v) is 9.39. The number of alkyl halides is 3. The molecule has 0 N–H and O–H groups in total. The van der Waals surface area contributed by atoms with Crippen molar-refractivity contribution in [3.05, 3.63) is 64.7 Å². The van der Waals surface area contributed by atoms with Gasteiger partial charge in [0.05, 0.1) is 23.8 Å². The molecular formula is C26H28F3N3O2. The van der Waals surface area contributed by atoms with Gasteiger partial charge >= 0.3 is 6.18 Å². The standard InChI is InChI=1S/C26H28F3N3O2/c1-18-3-5-19(6-4-18)24(33)32-15-21(16-34-2)25(17-32)9-11-31(12-10-25)22-8-7-20(14-30)23(13-22)26(27,28)29/h3-8,13,21H,9-12,15-17H2,1-2H3. The molecule has 0 bridgehead atoms. The number of nitrogens with zero attached hydrogens (tertiary/aromatic N) is 3. The first-order valence-corrected chi connectivity index (χ1v) is 11.4. The summed E-state index contributed by atoms with van der Waals surface area (Å²) < 4.78 is 45.7. The van der Waals surface area contributed by atoms with Crippen molar-refractivity contribution < 1.29 is 22.7 Å². The minimum Gasteiger partial charge on any atom is -0.384 e. The van der Waals surface area contributed by atoms with E-state index in [1.165, 1.54) is 6.07 Å². The predicted molar refractivity (Wildman–Crippen MR) is 122 cm³/mol. The maximum absolute atomic E-state index is 13.4. The maximum Gasteiger partial charge on any atom is 0.417 e. The fourth-order valence-corrected chi connectivity index (χ4v) is 5.34. The molecule has 2 heterocycles. The first-order chi connectivity index (χ1) is 16.2. The van der Waals surface area contributed by atoms with Crippen LogP contribution < -0.4 is 4.90 Å². The number of ether oxygens (including phenoxy) is 1. The summed E-state index contributed by atoms with van der Waals surface area (Å²) in [5.41, 5.74) is 0.817. The fourth-order valence-electron chi connectivity index (χ4n) is 5.34. The Kier molecular flexibility index (Phi) is 6.59. The van der Waals surface area contributed by atoms with Crippen LogP contribution >= 0.6 is 0 Å². The lowest BCUT2D eigenvalue weighted by Gasteiger charge is -2.43. The summed E-state index contributed by atoms with van der Waals surface area (Å²) in [6, 6.07) is 13.1. The number of carbonyl (C=O) groups excluding carboxylic acids is 1. The molecule has 0 aromatic heterocycles. The fraction of sp³-hybridized carbons (Fsp3) is 0.462. The Bertz CT molecular complexity index is 1080. The molecule has 2 aliphatic heterocycles. The van der Waals surface area contributed by atoms with Crippen molar-refractivity contribution >= 4 is 11.6 Å². The van der Waals surface area contributed by atoms with E-state index in [1.54, 1.807) is 19.2 Å². The second kappa shape index (κ2) is 9.30. The second-order valence-electron chi connectivity index (χ2n) is 9.39. The number of anilines is 1. The van der Waals surface area contributed by atoms with Gasteiger partial charge in [-0.15, -0.1) is 0 Å². The molecule has 0 radical (unpaired) electrons. The van der Waals surface area contributed by atoms with Gasteiger partial charge in [-0.25, -0.2) is 0 Å². The summed E-state index contributed by atoms with van der Waals surface area (Å²) >= 11 is 0. The largest absolute Gasteiger partial charge is 0.417 e. The van der Waals surface area contributed by atoms with E-state index in [2.05, 4.69) is 0 Å². The van der Waals surface area contributed by atoms with Crippen LogP contribution in [-0.4, -0.2) is 50.7 Å². The number of halogens is 3. The van der Waals surface area contributed by atoms with E-state index in [1.807, 2.05) is 41.0 Å². The number of hydrogen-bond acceptors (Lipinski definition) is 4. The van der Waals surface area contributed by atoms with Crippen LogP contribution in [0.3, 0.4) is 0 Å². The van der Waals surface area contributed by atoms with Crippen LogP contribution in [0.4, 0.5) is 18.9 Å². The molecule has 4 rings (SSSR count). The molecule has 1 atom stereocenters. The molecule has 1 unspecified atom stereocenters. The molecule has 2 aromatic carbocycles. The third-order valence-corrected chi connectivity index (χ3v) is 7.32. The summed E-state index contributed by atoms with van der Waals surface area (Å²) in [6.07, 6.45) is -3.08. The molecule has 34 heavy (non-hydrogen) atoms. The van der Waals surface area contributed by atoms with Crippen molar-refractivity contribution in [2.24, 2.45) is 11.3 Å². The van der Waals surface area contributed by atoms with Gasteiger partial charge in [-0.1, -0.05) is 17.7 Å². The Labute approximate surface area is 197 Å². The van der Waals surface area contributed by atoms with Crippen molar-refractivity contribution in [3.63, 3.8) is 0 Å². The topological polar surface area (TPSA) is 56.6 Å². The van der Waals surface area contributed by atoms with E-state index in [0.717, 1.165) is 24.5 Å². The van der Waals surface area contributed by atoms with E-state index in [-0.39, 0.29) is 22.8 Å². The Balaban J connectivity index is 1.51. The molecule has 0 aliphatic carbocycles. The molecule has 2 fully saturated rings. The van der Waals surface area contributed by atoms with Crippen LogP contribution in [0.25, 0.3) is 0 Å². The van der Waals surface area contributed by atoms with Crippen LogP contribution in [0.15, 0.2) is 42.5 Å². The predicted octanol–water partition coefficient (Wildman–Crippen LogP) is 4.89. The Hall–Kier alpha value is -3.05. The molecule has 2 saturated heterocycles. The van der Waals surface area contributed by atoms with Crippen molar-refractivity contribution in [1.82, 2.24) is 4.90 Å². The summed E-state index contributed by atoms with van der Waals surface area (Å²) in [5.74, 6) is 0.170. The maximum atomic E-state index is 13.4. The van der Waals surface area contributed by atoms with Gasteiger partial charge in [-0.2, -0.15) is 18.4 Å². The molecule has 5 nitrogen and oxygen atoms in total. The van der Waals surface area contributed by atoms with Gasteiger partial charge < -0.3 is 14.5 Å². The first-order valence-electron chi connectivity index (χ1n) is 11.4. The molecule has 0 saturated carbocycles. The number of piperidine rings is 1. The zero-order valence-electron chi connectivity index (χ0n) is 19.4.